The van der Waals surface area contributed by atoms with Crippen LogP contribution in [-0.2, 0) is 6.42 Å². The number of hydrogen-bond donors (Lipinski definition) is 1. The maximum Gasteiger partial charge on any atom is 0.00698 e. The van der Waals surface area contributed by atoms with Gasteiger partial charge in [0, 0.05) is 6.04 Å². The highest BCUT2D eigenvalue weighted by atomic mass is 14.9. The average molecular weight is 273 g/mol. The molecule has 1 saturated carbocycles. The Morgan fingerprint density at radius 3 is 2.60 bits per heavy atom. The maximum absolute atomic E-state index is 3.78. The Kier molecular flexibility index (Phi) is 7.14. The standard InChI is InChI=1S/C19H31N/c1-2-15-20-19(16-18-11-6-7-12-18)14-8-13-17-9-4-3-5-10-17/h3-5,9-10,18-20H,2,6-8,11-16H2,1H3. The monoisotopic (exact) mass is 273 g/mol. The molecule has 2 rings (SSSR count). The second-order valence-electron chi connectivity index (χ2n) is 6.42. The van der Waals surface area contributed by atoms with Crippen molar-refractivity contribution in [3.63, 3.8) is 0 Å². The zero-order valence-electron chi connectivity index (χ0n) is 13.1. The summed E-state index contributed by atoms with van der Waals surface area (Å²) in [6.07, 6.45) is 12.4. The van der Waals surface area contributed by atoms with E-state index in [0.717, 1.165) is 12.0 Å². The Morgan fingerprint density at radius 2 is 1.90 bits per heavy atom. The van der Waals surface area contributed by atoms with Crippen LogP contribution in [0.15, 0.2) is 30.3 Å². The molecule has 1 aromatic rings. The molecule has 1 nitrogen and oxygen atoms in total. The van der Waals surface area contributed by atoms with E-state index >= 15 is 0 Å². The van der Waals surface area contributed by atoms with E-state index in [1.54, 1.807) is 0 Å². The summed E-state index contributed by atoms with van der Waals surface area (Å²) in [7, 11) is 0. The third-order valence-corrected chi connectivity index (χ3v) is 4.64. The third-order valence-electron chi connectivity index (χ3n) is 4.64. The van der Waals surface area contributed by atoms with Gasteiger partial charge in [0.05, 0.1) is 0 Å². The van der Waals surface area contributed by atoms with Gasteiger partial charge in [0.15, 0.2) is 0 Å². The van der Waals surface area contributed by atoms with Crippen molar-refractivity contribution < 1.29 is 0 Å². The molecule has 0 spiro atoms. The van der Waals surface area contributed by atoms with Crippen LogP contribution in [0.5, 0.6) is 0 Å². The van der Waals surface area contributed by atoms with Gasteiger partial charge in [-0.25, -0.2) is 0 Å². The van der Waals surface area contributed by atoms with E-state index in [2.05, 4.69) is 42.6 Å². The Labute approximate surface area is 125 Å². The zero-order chi connectivity index (χ0) is 14.0. The third kappa shape index (κ3) is 5.66. The summed E-state index contributed by atoms with van der Waals surface area (Å²) >= 11 is 0. The van der Waals surface area contributed by atoms with Crippen LogP contribution in [0.4, 0.5) is 0 Å². The van der Waals surface area contributed by atoms with Gasteiger partial charge in [-0.2, -0.15) is 0 Å². The van der Waals surface area contributed by atoms with Crippen molar-refractivity contribution in [3.05, 3.63) is 35.9 Å². The van der Waals surface area contributed by atoms with Gasteiger partial charge in [0.1, 0.15) is 0 Å². The molecule has 0 bridgehead atoms. The van der Waals surface area contributed by atoms with Gasteiger partial charge in [-0.05, 0) is 50.1 Å². The van der Waals surface area contributed by atoms with E-state index in [9.17, 15) is 0 Å². The molecule has 0 aliphatic heterocycles. The summed E-state index contributed by atoms with van der Waals surface area (Å²) in [6.45, 7) is 3.45. The van der Waals surface area contributed by atoms with Crippen LogP contribution in [0.1, 0.15) is 63.9 Å². The fourth-order valence-corrected chi connectivity index (χ4v) is 3.50. The van der Waals surface area contributed by atoms with E-state index in [0.29, 0.717) is 0 Å². The van der Waals surface area contributed by atoms with Crippen LogP contribution in [0.2, 0.25) is 0 Å². The molecule has 0 amide bonds. The lowest BCUT2D eigenvalue weighted by atomic mass is 9.94. The highest BCUT2D eigenvalue weighted by molar-refractivity contribution is 5.14. The van der Waals surface area contributed by atoms with Gasteiger partial charge in [-0.1, -0.05) is 62.9 Å². The smallest absolute Gasteiger partial charge is 0.00698 e. The van der Waals surface area contributed by atoms with E-state index in [1.807, 2.05) is 0 Å². The number of hydrogen-bond acceptors (Lipinski definition) is 1. The number of rotatable bonds is 9. The van der Waals surface area contributed by atoms with Crippen LogP contribution in [-0.4, -0.2) is 12.6 Å². The molecule has 0 saturated heterocycles. The molecule has 1 fully saturated rings. The molecule has 0 aromatic heterocycles. The van der Waals surface area contributed by atoms with E-state index in [1.165, 1.54) is 69.9 Å². The first kappa shape index (κ1) is 15.6. The molecule has 1 heteroatoms. The van der Waals surface area contributed by atoms with Crippen molar-refractivity contribution in [2.45, 2.75) is 70.8 Å². The second-order valence-corrected chi connectivity index (χ2v) is 6.42. The first-order valence-corrected chi connectivity index (χ1v) is 8.65. The minimum absolute atomic E-state index is 0.752. The lowest BCUT2D eigenvalue weighted by molar-refractivity contribution is 0.365. The van der Waals surface area contributed by atoms with Gasteiger partial charge < -0.3 is 5.32 Å². The maximum atomic E-state index is 3.78. The quantitative estimate of drug-likeness (QED) is 0.670. The van der Waals surface area contributed by atoms with Gasteiger partial charge in [-0.15, -0.1) is 0 Å². The lowest BCUT2D eigenvalue weighted by Gasteiger charge is -2.22. The predicted molar refractivity (Wildman–Crippen MR) is 88.0 cm³/mol. The molecule has 1 aliphatic carbocycles. The minimum atomic E-state index is 0.752. The first-order chi connectivity index (χ1) is 9.88. The van der Waals surface area contributed by atoms with Gasteiger partial charge >= 0.3 is 0 Å². The molecule has 112 valence electrons. The molecule has 1 aromatic carbocycles. The first-order valence-electron chi connectivity index (χ1n) is 8.65. The van der Waals surface area contributed by atoms with E-state index in [4.69, 9.17) is 0 Å². The van der Waals surface area contributed by atoms with Crippen molar-refractivity contribution in [2.24, 2.45) is 5.92 Å². The molecule has 1 N–H and O–H groups in total. The summed E-state index contributed by atoms with van der Waals surface area (Å²) in [5.41, 5.74) is 1.49. The molecule has 1 atom stereocenters. The Bertz CT molecular complexity index is 340. The Morgan fingerprint density at radius 1 is 1.15 bits per heavy atom. The molecule has 0 heterocycles. The fourth-order valence-electron chi connectivity index (χ4n) is 3.50. The van der Waals surface area contributed by atoms with Crippen molar-refractivity contribution in [1.82, 2.24) is 5.32 Å². The van der Waals surface area contributed by atoms with Crippen LogP contribution in [0, 0.1) is 5.92 Å². The number of aryl methyl sites for hydroxylation is 1. The number of benzene rings is 1. The van der Waals surface area contributed by atoms with Gasteiger partial charge in [-0.3, -0.25) is 0 Å². The van der Waals surface area contributed by atoms with Crippen molar-refractivity contribution in [3.8, 4) is 0 Å². The highest BCUT2D eigenvalue weighted by Crippen LogP contribution is 2.29. The topological polar surface area (TPSA) is 12.0 Å². The summed E-state index contributed by atoms with van der Waals surface area (Å²) in [6, 6.07) is 11.7. The van der Waals surface area contributed by atoms with Crippen molar-refractivity contribution in [2.75, 3.05) is 6.54 Å². The van der Waals surface area contributed by atoms with Crippen LogP contribution >= 0.6 is 0 Å². The van der Waals surface area contributed by atoms with Crippen LogP contribution in [0.3, 0.4) is 0 Å². The second kappa shape index (κ2) is 9.18. The molecule has 0 radical (unpaired) electrons. The molecular weight excluding hydrogens is 242 g/mol. The van der Waals surface area contributed by atoms with E-state index < -0.39 is 0 Å². The molecular formula is C19H31N. The zero-order valence-corrected chi connectivity index (χ0v) is 13.1. The molecule has 20 heavy (non-hydrogen) atoms. The summed E-state index contributed by atoms with van der Waals surface area (Å²) < 4.78 is 0. The molecule has 1 unspecified atom stereocenters. The van der Waals surface area contributed by atoms with Gasteiger partial charge in [0.25, 0.3) is 0 Å². The summed E-state index contributed by atoms with van der Waals surface area (Å²) in [5.74, 6) is 1.00. The largest absolute Gasteiger partial charge is 0.314 e. The van der Waals surface area contributed by atoms with Crippen LogP contribution in [0.25, 0.3) is 0 Å². The summed E-state index contributed by atoms with van der Waals surface area (Å²) in [4.78, 5) is 0. The Balaban J connectivity index is 1.71. The number of nitrogens with one attached hydrogen (secondary N) is 1. The normalized spacial score (nSPS) is 17.4. The van der Waals surface area contributed by atoms with Crippen LogP contribution < -0.4 is 5.32 Å². The minimum Gasteiger partial charge on any atom is -0.314 e. The lowest BCUT2D eigenvalue weighted by Crippen LogP contribution is -2.31. The van der Waals surface area contributed by atoms with Crippen molar-refractivity contribution >= 4 is 0 Å². The highest BCUT2D eigenvalue weighted by Gasteiger charge is 2.19. The van der Waals surface area contributed by atoms with E-state index in [-0.39, 0.29) is 0 Å². The van der Waals surface area contributed by atoms with Gasteiger partial charge in [0.2, 0.25) is 0 Å². The Hall–Kier alpha value is -0.820. The fraction of sp³-hybridized carbons (Fsp3) is 0.684. The molecule has 1 aliphatic rings. The predicted octanol–water partition coefficient (Wildman–Crippen LogP) is 4.96. The summed E-state index contributed by atoms with van der Waals surface area (Å²) in [5, 5.41) is 3.78. The van der Waals surface area contributed by atoms with Crippen molar-refractivity contribution in [1.29, 1.82) is 0 Å². The SMILES string of the molecule is CCCNC(CCCc1ccccc1)CC1CCCC1. The average Bonchev–Trinajstić information content (AvgIpc) is 2.98.